The van der Waals surface area contributed by atoms with Gasteiger partial charge in [0.05, 0.1) is 7.11 Å². The van der Waals surface area contributed by atoms with Crippen LogP contribution in [-0.4, -0.2) is 28.2 Å². The zero-order valence-corrected chi connectivity index (χ0v) is 10.0. The monoisotopic (exact) mass is 247 g/mol. The number of carboxylic acids is 1. The van der Waals surface area contributed by atoms with Gasteiger partial charge in [0.1, 0.15) is 11.4 Å². The van der Waals surface area contributed by atoms with Crippen LogP contribution in [0.1, 0.15) is 16.1 Å². The average molecular weight is 247 g/mol. The van der Waals surface area contributed by atoms with Crippen molar-refractivity contribution in [1.29, 1.82) is 0 Å². The Balaban J connectivity index is 2.55. The SMILES string of the molecule is COc1ccc(-c2nc(N)[nH]c2C(=O)O)cc1C. The number of methoxy groups -OCH3 is 1. The van der Waals surface area contributed by atoms with Crippen molar-refractivity contribution in [3.05, 3.63) is 29.5 Å². The van der Waals surface area contributed by atoms with Crippen molar-refractivity contribution in [1.82, 2.24) is 9.97 Å². The molecule has 18 heavy (non-hydrogen) atoms. The number of carbonyl (C=O) groups is 1. The fraction of sp³-hybridized carbons (Fsp3) is 0.167. The van der Waals surface area contributed by atoms with E-state index in [0.717, 1.165) is 11.3 Å². The molecule has 1 heterocycles. The zero-order valence-electron chi connectivity index (χ0n) is 10.0. The van der Waals surface area contributed by atoms with Gasteiger partial charge in [0, 0.05) is 5.56 Å². The number of aromatic carboxylic acids is 1. The van der Waals surface area contributed by atoms with Crippen molar-refractivity contribution in [3.63, 3.8) is 0 Å². The standard InChI is InChI=1S/C12H13N3O3/c1-6-5-7(3-4-8(6)18-2)9-10(11(16)17)15-12(13)14-9/h3-5H,1-2H3,(H,16,17)(H3,13,14,15). The number of nitrogen functional groups attached to an aromatic ring is 1. The van der Waals surface area contributed by atoms with E-state index in [0.29, 0.717) is 11.3 Å². The van der Waals surface area contributed by atoms with Gasteiger partial charge in [0.15, 0.2) is 11.6 Å². The Labute approximate surface area is 103 Å². The van der Waals surface area contributed by atoms with Crippen LogP contribution in [0.3, 0.4) is 0 Å². The number of carboxylic acid groups (broad SMARTS) is 1. The fourth-order valence-corrected chi connectivity index (χ4v) is 1.78. The quantitative estimate of drug-likeness (QED) is 0.765. The second kappa shape index (κ2) is 4.40. The highest BCUT2D eigenvalue weighted by molar-refractivity contribution is 5.93. The summed E-state index contributed by atoms with van der Waals surface area (Å²) >= 11 is 0. The lowest BCUT2D eigenvalue weighted by atomic mass is 10.1. The lowest BCUT2D eigenvalue weighted by Gasteiger charge is -2.06. The summed E-state index contributed by atoms with van der Waals surface area (Å²) in [5, 5.41) is 9.06. The first kappa shape index (κ1) is 12.0. The number of rotatable bonds is 3. The second-order valence-electron chi connectivity index (χ2n) is 3.84. The summed E-state index contributed by atoms with van der Waals surface area (Å²) in [5.41, 5.74) is 7.38. The van der Waals surface area contributed by atoms with E-state index in [2.05, 4.69) is 9.97 Å². The van der Waals surface area contributed by atoms with Crippen LogP contribution >= 0.6 is 0 Å². The van der Waals surface area contributed by atoms with Crippen molar-refractivity contribution >= 4 is 11.9 Å². The number of anilines is 1. The number of nitrogens with zero attached hydrogens (tertiary/aromatic N) is 1. The molecule has 6 heteroatoms. The minimum atomic E-state index is -1.09. The van der Waals surface area contributed by atoms with E-state index < -0.39 is 5.97 Å². The second-order valence-corrected chi connectivity index (χ2v) is 3.84. The molecule has 0 saturated carbocycles. The van der Waals surface area contributed by atoms with Crippen LogP contribution in [0, 0.1) is 6.92 Å². The van der Waals surface area contributed by atoms with Crippen LogP contribution in [0.4, 0.5) is 5.95 Å². The molecule has 0 amide bonds. The molecule has 94 valence electrons. The summed E-state index contributed by atoms with van der Waals surface area (Å²) in [5.74, 6) is -0.280. The predicted octanol–water partition coefficient (Wildman–Crippen LogP) is 1.67. The van der Waals surface area contributed by atoms with Crippen LogP contribution in [-0.2, 0) is 0 Å². The normalized spacial score (nSPS) is 10.3. The van der Waals surface area contributed by atoms with Gasteiger partial charge in [-0.05, 0) is 30.7 Å². The first-order chi connectivity index (χ1) is 8.52. The summed E-state index contributed by atoms with van der Waals surface area (Å²) in [4.78, 5) is 17.6. The number of benzene rings is 1. The van der Waals surface area contributed by atoms with Gasteiger partial charge in [0.25, 0.3) is 0 Å². The van der Waals surface area contributed by atoms with Crippen LogP contribution in [0.15, 0.2) is 18.2 Å². The highest BCUT2D eigenvalue weighted by atomic mass is 16.5. The number of H-pyrrole nitrogens is 1. The Kier molecular flexibility index (Phi) is 2.93. The number of aryl methyl sites for hydroxylation is 1. The Bertz CT molecular complexity index is 605. The maximum atomic E-state index is 11.1. The van der Waals surface area contributed by atoms with Gasteiger partial charge >= 0.3 is 5.97 Å². The van der Waals surface area contributed by atoms with Crippen LogP contribution in [0.25, 0.3) is 11.3 Å². The van der Waals surface area contributed by atoms with E-state index in [-0.39, 0.29) is 11.6 Å². The van der Waals surface area contributed by atoms with E-state index in [1.165, 1.54) is 0 Å². The van der Waals surface area contributed by atoms with Crippen LogP contribution in [0.5, 0.6) is 5.75 Å². The van der Waals surface area contributed by atoms with Gasteiger partial charge < -0.3 is 20.6 Å². The number of hydrogen-bond acceptors (Lipinski definition) is 4. The maximum absolute atomic E-state index is 11.1. The highest BCUT2D eigenvalue weighted by Gasteiger charge is 2.17. The number of ether oxygens (including phenoxy) is 1. The Morgan fingerprint density at radius 3 is 2.78 bits per heavy atom. The molecule has 0 bridgehead atoms. The summed E-state index contributed by atoms with van der Waals surface area (Å²) in [7, 11) is 1.58. The number of hydrogen-bond donors (Lipinski definition) is 3. The molecule has 2 rings (SSSR count). The topological polar surface area (TPSA) is 101 Å². The zero-order chi connectivity index (χ0) is 13.3. The minimum Gasteiger partial charge on any atom is -0.496 e. The van der Waals surface area contributed by atoms with E-state index in [1.54, 1.807) is 25.3 Å². The third kappa shape index (κ3) is 2.00. The first-order valence-electron chi connectivity index (χ1n) is 5.26. The Morgan fingerprint density at radius 1 is 1.50 bits per heavy atom. The van der Waals surface area contributed by atoms with Crippen LogP contribution < -0.4 is 10.5 Å². The van der Waals surface area contributed by atoms with Crippen molar-refractivity contribution in [2.45, 2.75) is 6.92 Å². The molecule has 0 aliphatic heterocycles. The van der Waals surface area contributed by atoms with Crippen molar-refractivity contribution in [3.8, 4) is 17.0 Å². The molecule has 0 fully saturated rings. The minimum absolute atomic E-state index is 0.0166. The summed E-state index contributed by atoms with van der Waals surface area (Å²) in [6.07, 6.45) is 0. The Morgan fingerprint density at radius 2 is 2.22 bits per heavy atom. The molecule has 6 nitrogen and oxygen atoms in total. The molecular weight excluding hydrogens is 234 g/mol. The molecule has 1 aromatic heterocycles. The molecule has 4 N–H and O–H groups in total. The molecule has 0 saturated heterocycles. The van der Waals surface area contributed by atoms with E-state index in [4.69, 9.17) is 15.6 Å². The average Bonchev–Trinajstić information content (AvgIpc) is 2.71. The van der Waals surface area contributed by atoms with Gasteiger partial charge in [-0.3, -0.25) is 0 Å². The van der Waals surface area contributed by atoms with Crippen LogP contribution in [0.2, 0.25) is 0 Å². The number of nitrogens with two attached hydrogens (primary N) is 1. The lowest BCUT2D eigenvalue weighted by molar-refractivity contribution is 0.0692. The number of imidazole rings is 1. The third-order valence-corrected chi connectivity index (χ3v) is 2.60. The lowest BCUT2D eigenvalue weighted by Crippen LogP contribution is -1.99. The third-order valence-electron chi connectivity index (χ3n) is 2.60. The molecule has 0 aliphatic rings. The molecule has 0 atom stereocenters. The summed E-state index contributed by atoms with van der Waals surface area (Å²) in [6.45, 7) is 1.87. The fourth-order valence-electron chi connectivity index (χ4n) is 1.78. The van der Waals surface area contributed by atoms with Gasteiger partial charge in [-0.1, -0.05) is 0 Å². The smallest absolute Gasteiger partial charge is 0.354 e. The van der Waals surface area contributed by atoms with E-state index in [9.17, 15) is 4.79 Å². The van der Waals surface area contributed by atoms with Gasteiger partial charge in [0.2, 0.25) is 0 Å². The molecule has 0 unspecified atom stereocenters. The van der Waals surface area contributed by atoms with Gasteiger partial charge in [-0.2, -0.15) is 0 Å². The molecule has 0 radical (unpaired) electrons. The molecule has 0 aliphatic carbocycles. The predicted molar refractivity (Wildman–Crippen MR) is 66.7 cm³/mol. The largest absolute Gasteiger partial charge is 0.496 e. The van der Waals surface area contributed by atoms with Crippen molar-refractivity contribution in [2.75, 3.05) is 12.8 Å². The van der Waals surface area contributed by atoms with E-state index >= 15 is 0 Å². The van der Waals surface area contributed by atoms with Crippen molar-refractivity contribution < 1.29 is 14.6 Å². The number of aromatic nitrogens is 2. The molecule has 0 spiro atoms. The Hall–Kier alpha value is -2.50. The van der Waals surface area contributed by atoms with Gasteiger partial charge in [-0.25, -0.2) is 9.78 Å². The summed E-state index contributed by atoms with van der Waals surface area (Å²) in [6, 6.07) is 5.32. The number of aromatic amines is 1. The van der Waals surface area contributed by atoms with Gasteiger partial charge in [-0.15, -0.1) is 0 Å². The van der Waals surface area contributed by atoms with E-state index in [1.807, 2.05) is 6.92 Å². The summed E-state index contributed by atoms with van der Waals surface area (Å²) < 4.78 is 5.15. The molecule has 1 aromatic carbocycles. The maximum Gasteiger partial charge on any atom is 0.354 e. The molecular formula is C12H13N3O3. The van der Waals surface area contributed by atoms with Crippen molar-refractivity contribution in [2.24, 2.45) is 0 Å². The first-order valence-corrected chi connectivity index (χ1v) is 5.26. The number of nitrogens with one attached hydrogen (secondary N) is 1. The molecule has 2 aromatic rings. The highest BCUT2D eigenvalue weighted by Crippen LogP contribution is 2.27.